The van der Waals surface area contributed by atoms with Crippen LogP contribution >= 0.6 is 34.8 Å². The average Bonchev–Trinajstić information content (AvgIpc) is 2.38. The monoisotopic (exact) mass is 370 g/mol. The fourth-order valence-electron chi connectivity index (χ4n) is 1.37. The molecule has 0 saturated carbocycles. The Balaban J connectivity index is 2.51. The van der Waals surface area contributed by atoms with E-state index in [2.05, 4.69) is 14.7 Å². The number of anilines is 2. The van der Waals surface area contributed by atoms with Crippen molar-refractivity contribution in [2.24, 2.45) is 0 Å². The number of nitrogens with one attached hydrogen (secondary N) is 1. The van der Waals surface area contributed by atoms with Gasteiger partial charge in [-0.3, -0.25) is 4.72 Å². The van der Waals surface area contributed by atoms with Gasteiger partial charge in [0.05, 0.1) is 10.7 Å². The molecule has 112 valence electrons. The van der Waals surface area contributed by atoms with E-state index in [0.717, 1.165) is 18.5 Å². The fraction of sp³-hybridized carbons (Fsp3) is 0. The van der Waals surface area contributed by atoms with Crippen LogP contribution in [0.2, 0.25) is 15.3 Å². The van der Waals surface area contributed by atoms with E-state index in [0.29, 0.717) is 0 Å². The van der Waals surface area contributed by atoms with Crippen LogP contribution in [-0.2, 0) is 10.0 Å². The first kappa shape index (κ1) is 16.0. The summed E-state index contributed by atoms with van der Waals surface area (Å²) in [6.45, 7) is 0. The Bertz CT molecular complexity index is 796. The summed E-state index contributed by atoms with van der Waals surface area (Å²) in [5, 5.41) is -0.757. The molecule has 0 unspecified atom stereocenters. The third-order valence-corrected chi connectivity index (χ3v) is 4.72. The number of nitrogens with two attached hydrogens (primary N) is 1. The van der Waals surface area contributed by atoms with Crippen molar-refractivity contribution in [3.05, 3.63) is 39.6 Å². The minimum atomic E-state index is -4.21. The molecule has 1 aromatic carbocycles. The smallest absolute Gasteiger partial charge is 0.263 e. The van der Waals surface area contributed by atoms with Crippen molar-refractivity contribution in [1.29, 1.82) is 0 Å². The van der Waals surface area contributed by atoms with Crippen LogP contribution in [0.15, 0.2) is 23.4 Å². The third kappa shape index (κ3) is 3.29. The number of halogens is 4. The summed E-state index contributed by atoms with van der Waals surface area (Å²) in [6.07, 6.45) is 1.06. The van der Waals surface area contributed by atoms with Crippen LogP contribution in [0, 0.1) is 5.82 Å². The lowest BCUT2D eigenvalue weighted by Crippen LogP contribution is -2.15. The van der Waals surface area contributed by atoms with Crippen molar-refractivity contribution >= 4 is 56.2 Å². The van der Waals surface area contributed by atoms with E-state index in [1.807, 2.05) is 0 Å². The number of aromatic nitrogens is 2. The molecular formula is C10H6Cl3FN4O2S. The topological polar surface area (TPSA) is 98.0 Å². The molecule has 1 aromatic heterocycles. The predicted molar refractivity (Wildman–Crippen MR) is 78.7 cm³/mol. The van der Waals surface area contributed by atoms with E-state index < -0.39 is 20.7 Å². The summed E-state index contributed by atoms with van der Waals surface area (Å²) in [7, 11) is -4.21. The maximum Gasteiger partial charge on any atom is 0.263 e. The molecule has 0 aliphatic carbocycles. The molecule has 0 amide bonds. The molecule has 2 aromatic rings. The molecule has 3 N–H and O–H groups in total. The van der Waals surface area contributed by atoms with Gasteiger partial charge in [-0.05, 0) is 12.1 Å². The minimum absolute atomic E-state index is 0.204. The highest BCUT2D eigenvalue weighted by atomic mass is 35.5. The van der Waals surface area contributed by atoms with Gasteiger partial charge in [0, 0.05) is 0 Å². The first-order valence-electron chi connectivity index (χ1n) is 5.15. The van der Waals surface area contributed by atoms with Gasteiger partial charge in [-0.15, -0.1) is 0 Å². The van der Waals surface area contributed by atoms with Crippen molar-refractivity contribution in [3.63, 3.8) is 0 Å². The summed E-state index contributed by atoms with van der Waals surface area (Å²) in [5.41, 5.74) is 4.74. The van der Waals surface area contributed by atoms with E-state index in [1.165, 1.54) is 0 Å². The SMILES string of the molecule is Nc1cc(S(=O)(=O)Nc2c(Cl)ncnc2Cl)c(Cl)cc1F. The Hall–Kier alpha value is -1.35. The Morgan fingerprint density at radius 3 is 2.29 bits per heavy atom. The second kappa shape index (κ2) is 5.80. The predicted octanol–water partition coefficient (Wildman–Crippen LogP) is 2.96. The van der Waals surface area contributed by atoms with Gasteiger partial charge >= 0.3 is 0 Å². The Kier molecular flexibility index (Phi) is 4.43. The zero-order valence-electron chi connectivity index (χ0n) is 9.94. The number of benzene rings is 1. The van der Waals surface area contributed by atoms with Gasteiger partial charge in [-0.25, -0.2) is 22.8 Å². The number of hydrogen-bond donors (Lipinski definition) is 2. The molecule has 1 heterocycles. The Labute approximate surface area is 134 Å². The maximum absolute atomic E-state index is 13.2. The number of nitrogens with zero attached hydrogens (tertiary/aromatic N) is 2. The first-order chi connectivity index (χ1) is 9.72. The highest BCUT2D eigenvalue weighted by Crippen LogP contribution is 2.31. The van der Waals surface area contributed by atoms with Gasteiger partial charge < -0.3 is 5.73 Å². The third-order valence-electron chi connectivity index (χ3n) is 2.33. The normalized spacial score (nSPS) is 11.4. The number of rotatable bonds is 3. The zero-order chi connectivity index (χ0) is 15.8. The van der Waals surface area contributed by atoms with Gasteiger partial charge in [-0.1, -0.05) is 34.8 Å². The molecule has 0 fully saturated rings. The van der Waals surface area contributed by atoms with Crippen molar-refractivity contribution in [2.75, 3.05) is 10.5 Å². The minimum Gasteiger partial charge on any atom is -0.396 e. The van der Waals surface area contributed by atoms with E-state index in [-0.39, 0.29) is 26.7 Å². The second-order valence-corrected chi connectivity index (χ2v) is 6.51. The molecule has 2 rings (SSSR count). The molecule has 6 nitrogen and oxygen atoms in total. The highest BCUT2D eigenvalue weighted by molar-refractivity contribution is 7.92. The molecule has 0 saturated heterocycles. The van der Waals surface area contributed by atoms with Crippen LogP contribution in [0.5, 0.6) is 0 Å². The van der Waals surface area contributed by atoms with Gasteiger partial charge in [0.2, 0.25) is 0 Å². The lowest BCUT2D eigenvalue weighted by Gasteiger charge is -2.11. The van der Waals surface area contributed by atoms with E-state index in [9.17, 15) is 12.8 Å². The zero-order valence-corrected chi connectivity index (χ0v) is 13.0. The lowest BCUT2D eigenvalue weighted by atomic mass is 10.3. The largest absolute Gasteiger partial charge is 0.396 e. The van der Waals surface area contributed by atoms with Gasteiger partial charge in [0.25, 0.3) is 10.0 Å². The molecular weight excluding hydrogens is 366 g/mol. The summed E-state index contributed by atoms with van der Waals surface area (Å²) in [6, 6.07) is 1.67. The summed E-state index contributed by atoms with van der Waals surface area (Å²) < 4.78 is 39.8. The first-order valence-corrected chi connectivity index (χ1v) is 7.77. The fourth-order valence-corrected chi connectivity index (χ4v) is 3.51. The van der Waals surface area contributed by atoms with Crippen molar-refractivity contribution in [1.82, 2.24) is 9.97 Å². The Morgan fingerprint density at radius 1 is 1.14 bits per heavy atom. The summed E-state index contributed by atoms with van der Waals surface area (Å²) in [4.78, 5) is 6.76. The molecule has 0 bridgehead atoms. The highest BCUT2D eigenvalue weighted by Gasteiger charge is 2.23. The average molecular weight is 372 g/mol. The van der Waals surface area contributed by atoms with Crippen LogP contribution in [0.25, 0.3) is 0 Å². The number of hydrogen-bond acceptors (Lipinski definition) is 5. The molecule has 0 spiro atoms. The Morgan fingerprint density at radius 2 is 1.71 bits per heavy atom. The van der Waals surface area contributed by atoms with Crippen molar-refractivity contribution in [2.45, 2.75) is 4.90 Å². The van der Waals surface area contributed by atoms with Gasteiger partial charge in [0.1, 0.15) is 22.7 Å². The quantitative estimate of drug-likeness (QED) is 0.638. The standard InChI is InChI=1S/C10H6Cl3FN4O2S/c11-4-1-5(14)6(15)2-7(4)21(19,20)18-8-9(12)16-3-17-10(8)13/h1-3,18H,15H2. The summed E-state index contributed by atoms with van der Waals surface area (Å²) >= 11 is 17.2. The number of sulfonamides is 1. The maximum atomic E-state index is 13.2. The van der Waals surface area contributed by atoms with Crippen LogP contribution in [-0.4, -0.2) is 18.4 Å². The summed E-state index contributed by atoms with van der Waals surface area (Å²) in [5.74, 6) is -0.835. The number of nitrogen functional groups attached to an aromatic ring is 1. The molecule has 11 heteroatoms. The van der Waals surface area contributed by atoms with Crippen molar-refractivity contribution < 1.29 is 12.8 Å². The molecule has 21 heavy (non-hydrogen) atoms. The van der Waals surface area contributed by atoms with E-state index in [1.54, 1.807) is 0 Å². The second-order valence-electron chi connectivity index (χ2n) is 3.74. The molecule has 0 radical (unpaired) electrons. The lowest BCUT2D eigenvalue weighted by molar-refractivity contribution is 0.600. The van der Waals surface area contributed by atoms with Crippen LogP contribution in [0.1, 0.15) is 0 Å². The van der Waals surface area contributed by atoms with Crippen molar-refractivity contribution in [3.8, 4) is 0 Å². The molecule has 0 atom stereocenters. The molecule has 0 aliphatic heterocycles. The van der Waals surface area contributed by atoms with Crippen LogP contribution < -0.4 is 10.5 Å². The molecule has 0 aliphatic rings. The van der Waals surface area contributed by atoms with Crippen LogP contribution in [0.4, 0.5) is 15.8 Å². The van der Waals surface area contributed by atoms with E-state index >= 15 is 0 Å². The van der Waals surface area contributed by atoms with Gasteiger partial charge in [0.15, 0.2) is 10.3 Å². The van der Waals surface area contributed by atoms with Crippen LogP contribution in [0.3, 0.4) is 0 Å². The van der Waals surface area contributed by atoms with Gasteiger partial charge in [-0.2, -0.15) is 0 Å². The van der Waals surface area contributed by atoms with E-state index in [4.69, 9.17) is 40.5 Å².